The van der Waals surface area contributed by atoms with Crippen LogP contribution in [-0.2, 0) is 4.79 Å². The summed E-state index contributed by atoms with van der Waals surface area (Å²) in [5.74, 6) is 2.36. The van der Waals surface area contributed by atoms with E-state index in [1.54, 1.807) is 11.8 Å². The Balaban J connectivity index is 3.81. The molecule has 0 rings (SSSR count). The van der Waals surface area contributed by atoms with Crippen molar-refractivity contribution in [2.45, 2.75) is 33.6 Å². The van der Waals surface area contributed by atoms with Gasteiger partial charge < -0.3 is 10.6 Å². The van der Waals surface area contributed by atoms with Gasteiger partial charge in [0.15, 0.2) is 0 Å². The lowest BCUT2D eigenvalue weighted by Gasteiger charge is -2.21. The fraction of sp³-hybridized carbons (Fsp3) is 0.917. The van der Waals surface area contributed by atoms with Crippen molar-refractivity contribution in [3.63, 3.8) is 0 Å². The molecule has 1 amide bonds. The SMILES string of the molecule is CCCN(CCC)C(=O)CSCC(C)CN. The second-order valence-corrected chi connectivity index (χ2v) is 5.27. The topological polar surface area (TPSA) is 46.3 Å². The van der Waals surface area contributed by atoms with Crippen molar-refractivity contribution in [2.75, 3.05) is 31.1 Å². The number of hydrogen-bond acceptors (Lipinski definition) is 3. The van der Waals surface area contributed by atoms with Gasteiger partial charge in [0.05, 0.1) is 5.75 Å². The van der Waals surface area contributed by atoms with Crippen LogP contribution in [0.4, 0.5) is 0 Å². The average Bonchev–Trinajstić information content (AvgIpc) is 2.28. The van der Waals surface area contributed by atoms with Gasteiger partial charge >= 0.3 is 0 Å². The third-order valence-electron chi connectivity index (χ3n) is 2.37. The Morgan fingerprint density at radius 3 is 2.31 bits per heavy atom. The van der Waals surface area contributed by atoms with E-state index in [4.69, 9.17) is 5.73 Å². The van der Waals surface area contributed by atoms with Gasteiger partial charge in [0.2, 0.25) is 5.91 Å². The average molecular weight is 246 g/mol. The van der Waals surface area contributed by atoms with Gasteiger partial charge in [-0.1, -0.05) is 20.8 Å². The highest BCUT2D eigenvalue weighted by molar-refractivity contribution is 7.99. The van der Waals surface area contributed by atoms with Crippen LogP contribution in [0.5, 0.6) is 0 Å². The lowest BCUT2D eigenvalue weighted by Crippen LogP contribution is -2.34. The molecule has 0 spiro atoms. The molecule has 0 aliphatic heterocycles. The maximum absolute atomic E-state index is 11.9. The van der Waals surface area contributed by atoms with Crippen LogP contribution in [0.1, 0.15) is 33.6 Å². The first-order chi connectivity index (χ1) is 7.65. The highest BCUT2D eigenvalue weighted by Gasteiger charge is 2.11. The van der Waals surface area contributed by atoms with Gasteiger partial charge in [-0.2, -0.15) is 11.8 Å². The van der Waals surface area contributed by atoms with E-state index in [0.717, 1.165) is 31.7 Å². The van der Waals surface area contributed by atoms with Gasteiger partial charge in [-0.3, -0.25) is 4.79 Å². The fourth-order valence-electron chi connectivity index (χ4n) is 1.41. The molecule has 0 radical (unpaired) electrons. The molecule has 96 valence electrons. The van der Waals surface area contributed by atoms with Crippen LogP contribution in [-0.4, -0.2) is 41.9 Å². The molecule has 0 fully saturated rings. The van der Waals surface area contributed by atoms with E-state index < -0.39 is 0 Å². The smallest absolute Gasteiger partial charge is 0.232 e. The van der Waals surface area contributed by atoms with E-state index in [-0.39, 0.29) is 5.91 Å². The Morgan fingerprint density at radius 2 is 1.88 bits per heavy atom. The van der Waals surface area contributed by atoms with Crippen LogP contribution >= 0.6 is 11.8 Å². The highest BCUT2D eigenvalue weighted by atomic mass is 32.2. The lowest BCUT2D eigenvalue weighted by molar-refractivity contribution is -0.128. The molecule has 0 bridgehead atoms. The number of carbonyl (C=O) groups excluding carboxylic acids is 1. The molecule has 0 saturated heterocycles. The maximum Gasteiger partial charge on any atom is 0.232 e. The zero-order valence-corrected chi connectivity index (χ0v) is 11.7. The summed E-state index contributed by atoms with van der Waals surface area (Å²) in [6, 6.07) is 0. The molecular formula is C12H26N2OS. The summed E-state index contributed by atoms with van der Waals surface area (Å²) >= 11 is 1.70. The van der Waals surface area contributed by atoms with E-state index in [2.05, 4.69) is 20.8 Å². The predicted molar refractivity (Wildman–Crippen MR) is 72.7 cm³/mol. The third-order valence-corrected chi connectivity index (χ3v) is 3.63. The lowest BCUT2D eigenvalue weighted by atomic mass is 10.2. The molecule has 4 heteroatoms. The van der Waals surface area contributed by atoms with E-state index in [0.29, 0.717) is 18.2 Å². The number of carbonyl (C=O) groups is 1. The Hall–Kier alpha value is -0.220. The van der Waals surface area contributed by atoms with E-state index in [1.807, 2.05) is 4.90 Å². The molecule has 1 unspecified atom stereocenters. The monoisotopic (exact) mass is 246 g/mol. The molecule has 0 aromatic rings. The van der Waals surface area contributed by atoms with Crippen LogP contribution < -0.4 is 5.73 Å². The summed E-state index contributed by atoms with van der Waals surface area (Å²) in [5.41, 5.74) is 5.54. The van der Waals surface area contributed by atoms with Crippen LogP contribution in [0, 0.1) is 5.92 Å². The van der Waals surface area contributed by atoms with Crippen molar-refractivity contribution in [1.29, 1.82) is 0 Å². The summed E-state index contributed by atoms with van der Waals surface area (Å²) in [7, 11) is 0. The summed E-state index contributed by atoms with van der Waals surface area (Å²) < 4.78 is 0. The molecule has 0 aliphatic carbocycles. The van der Waals surface area contributed by atoms with Crippen LogP contribution in [0.3, 0.4) is 0 Å². The molecule has 2 N–H and O–H groups in total. The number of rotatable bonds is 9. The van der Waals surface area contributed by atoms with Gasteiger partial charge in [-0.25, -0.2) is 0 Å². The minimum atomic E-state index is 0.276. The fourth-order valence-corrected chi connectivity index (χ4v) is 2.42. The zero-order valence-electron chi connectivity index (χ0n) is 10.9. The van der Waals surface area contributed by atoms with Crippen molar-refractivity contribution in [3.05, 3.63) is 0 Å². The number of amides is 1. The second kappa shape index (κ2) is 9.97. The maximum atomic E-state index is 11.9. The first-order valence-corrected chi connectivity index (χ1v) is 7.36. The van der Waals surface area contributed by atoms with E-state index in [9.17, 15) is 4.79 Å². The van der Waals surface area contributed by atoms with Gasteiger partial charge in [0.25, 0.3) is 0 Å². The molecule has 0 heterocycles. The first-order valence-electron chi connectivity index (χ1n) is 6.21. The van der Waals surface area contributed by atoms with Crippen molar-refractivity contribution in [1.82, 2.24) is 4.90 Å². The molecule has 0 aromatic heterocycles. The molecule has 3 nitrogen and oxygen atoms in total. The third kappa shape index (κ3) is 7.12. The Morgan fingerprint density at radius 1 is 1.31 bits per heavy atom. The zero-order chi connectivity index (χ0) is 12.4. The highest BCUT2D eigenvalue weighted by Crippen LogP contribution is 2.09. The van der Waals surface area contributed by atoms with E-state index in [1.165, 1.54) is 0 Å². The largest absolute Gasteiger partial charge is 0.342 e. The van der Waals surface area contributed by atoms with Gasteiger partial charge in [-0.15, -0.1) is 0 Å². The summed E-state index contributed by atoms with van der Waals surface area (Å²) in [4.78, 5) is 13.8. The quantitative estimate of drug-likeness (QED) is 0.676. The van der Waals surface area contributed by atoms with E-state index >= 15 is 0 Å². The van der Waals surface area contributed by atoms with Crippen molar-refractivity contribution < 1.29 is 4.79 Å². The van der Waals surface area contributed by atoms with Crippen LogP contribution in [0.15, 0.2) is 0 Å². The standard InChI is InChI=1S/C12H26N2OS/c1-4-6-14(7-5-2)12(15)10-16-9-11(3)8-13/h11H,4-10,13H2,1-3H3. The summed E-state index contributed by atoms with van der Waals surface area (Å²) in [5, 5.41) is 0. The number of hydrogen-bond donors (Lipinski definition) is 1. The molecule has 0 saturated carbocycles. The molecule has 0 aromatic carbocycles. The number of nitrogens with two attached hydrogens (primary N) is 1. The van der Waals surface area contributed by atoms with Crippen molar-refractivity contribution in [2.24, 2.45) is 11.7 Å². The molecule has 1 atom stereocenters. The predicted octanol–water partition coefficient (Wildman–Crippen LogP) is 1.96. The second-order valence-electron chi connectivity index (χ2n) is 4.24. The normalized spacial score (nSPS) is 12.5. The Bertz CT molecular complexity index is 182. The number of nitrogens with zero attached hydrogens (tertiary/aromatic N) is 1. The van der Waals surface area contributed by atoms with Crippen LogP contribution in [0.2, 0.25) is 0 Å². The first kappa shape index (κ1) is 15.8. The Kier molecular flexibility index (Phi) is 9.83. The minimum absolute atomic E-state index is 0.276. The van der Waals surface area contributed by atoms with Crippen LogP contribution in [0.25, 0.3) is 0 Å². The molecular weight excluding hydrogens is 220 g/mol. The Labute approximate surface area is 104 Å². The molecule has 16 heavy (non-hydrogen) atoms. The summed E-state index contributed by atoms with van der Waals surface area (Å²) in [6.45, 7) is 8.82. The molecule has 0 aliphatic rings. The number of thioether (sulfide) groups is 1. The summed E-state index contributed by atoms with van der Waals surface area (Å²) in [6.07, 6.45) is 2.07. The van der Waals surface area contributed by atoms with Gasteiger partial charge in [0.1, 0.15) is 0 Å². The van der Waals surface area contributed by atoms with Gasteiger partial charge in [0, 0.05) is 13.1 Å². The van der Waals surface area contributed by atoms with Crippen molar-refractivity contribution in [3.8, 4) is 0 Å². The van der Waals surface area contributed by atoms with Gasteiger partial charge in [-0.05, 0) is 31.1 Å². The van der Waals surface area contributed by atoms with Crippen molar-refractivity contribution >= 4 is 17.7 Å². The minimum Gasteiger partial charge on any atom is -0.342 e.